The molecule has 1 N–H and O–H groups in total. The fourth-order valence-corrected chi connectivity index (χ4v) is 5.27. The van der Waals surface area contributed by atoms with E-state index in [9.17, 15) is 9.90 Å². The first kappa shape index (κ1) is 19.8. The molecule has 4 rings (SSSR count). The molecule has 0 unspecified atom stereocenters. The molecule has 8 heteroatoms. The predicted molar refractivity (Wildman–Crippen MR) is 111 cm³/mol. The summed E-state index contributed by atoms with van der Waals surface area (Å²) < 4.78 is 6.79. The highest BCUT2D eigenvalue weighted by molar-refractivity contribution is 7.17. The van der Waals surface area contributed by atoms with Crippen LogP contribution in [-0.4, -0.2) is 50.3 Å². The number of hydrogen-bond donors (Lipinski definition) is 1. The van der Waals surface area contributed by atoms with Gasteiger partial charge in [0.25, 0.3) is 0 Å². The number of aromatic hydroxyl groups is 1. The number of fused-ring (bicyclic) bond motifs is 1. The fraction of sp³-hybridized carbons (Fsp3) is 0.476. The molecule has 0 spiro atoms. The lowest BCUT2D eigenvalue weighted by atomic mass is 9.92. The molecule has 7 nitrogen and oxygen atoms in total. The van der Waals surface area contributed by atoms with Crippen LogP contribution in [-0.2, 0) is 9.53 Å². The predicted octanol–water partition coefficient (Wildman–Crippen LogP) is 3.48. The van der Waals surface area contributed by atoms with E-state index in [0.29, 0.717) is 23.9 Å². The van der Waals surface area contributed by atoms with Crippen LogP contribution < -0.4 is 0 Å². The van der Waals surface area contributed by atoms with Gasteiger partial charge < -0.3 is 9.84 Å². The Kier molecular flexibility index (Phi) is 5.56. The molecule has 3 aromatic rings. The van der Waals surface area contributed by atoms with E-state index in [2.05, 4.69) is 34.0 Å². The molecule has 2 aromatic heterocycles. The van der Waals surface area contributed by atoms with Crippen molar-refractivity contribution in [2.75, 3.05) is 19.7 Å². The number of carbonyl (C=O) groups excluding carboxylic acids is 1. The summed E-state index contributed by atoms with van der Waals surface area (Å²) in [6.07, 6.45) is 1.74. The Labute approximate surface area is 173 Å². The Bertz CT molecular complexity index is 1030. The van der Waals surface area contributed by atoms with E-state index in [-0.39, 0.29) is 23.8 Å². The number of hydrogen-bond acceptors (Lipinski definition) is 7. The zero-order chi connectivity index (χ0) is 20.5. The number of thiazole rings is 1. The van der Waals surface area contributed by atoms with Crippen LogP contribution in [0.2, 0.25) is 0 Å². The summed E-state index contributed by atoms with van der Waals surface area (Å²) in [4.78, 5) is 20.6. The maximum absolute atomic E-state index is 12.4. The number of esters is 1. The Balaban J connectivity index is 1.76. The summed E-state index contributed by atoms with van der Waals surface area (Å²) in [6, 6.07) is 8.03. The molecule has 0 bridgehead atoms. The standard InChI is InChI=1S/C21H26N4O3S/c1-4-28-20(27)15-9-7-11-24(12-15)17(16-10-6-5-8-13(16)2)18-19(26)25-21(29-18)22-14(3)23-25/h5-6,8,10,15,17,26H,4,7,9,11-12H2,1-3H3/t15-,17+/m1/s1. The summed E-state index contributed by atoms with van der Waals surface area (Å²) in [6.45, 7) is 7.57. The molecule has 0 aliphatic carbocycles. The molecule has 0 amide bonds. The highest BCUT2D eigenvalue weighted by Crippen LogP contribution is 2.42. The van der Waals surface area contributed by atoms with Gasteiger partial charge in [-0.25, -0.2) is 4.98 Å². The van der Waals surface area contributed by atoms with Crippen molar-refractivity contribution in [2.24, 2.45) is 5.92 Å². The number of likely N-dealkylation sites (tertiary alicyclic amines) is 1. The van der Waals surface area contributed by atoms with E-state index in [1.165, 1.54) is 15.9 Å². The number of ether oxygens (including phenoxy) is 1. The monoisotopic (exact) mass is 414 g/mol. The van der Waals surface area contributed by atoms with Crippen LogP contribution >= 0.6 is 11.3 Å². The van der Waals surface area contributed by atoms with E-state index in [1.54, 1.807) is 0 Å². The largest absolute Gasteiger partial charge is 0.492 e. The van der Waals surface area contributed by atoms with Gasteiger partial charge in [0.1, 0.15) is 5.82 Å². The normalized spacial score (nSPS) is 18.8. The topological polar surface area (TPSA) is 80.0 Å². The third kappa shape index (κ3) is 3.74. The summed E-state index contributed by atoms with van der Waals surface area (Å²) >= 11 is 1.45. The average molecular weight is 415 g/mol. The van der Waals surface area contributed by atoms with Crippen molar-refractivity contribution in [3.8, 4) is 5.88 Å². The lowest BCUT2D eigenvalue weighted by Gasteiger charge is -2.37. The van der Waals surface area contributed by atoms with Crippen molar-refractivity contribution in [2.45, 2.75) is 39.7 Å². The molecule has 0 radical (unpaired) electrons. The molecule has 2 atom stereocenters. The molecule has 1 aromatic carbocycles. The Hall–Kier alpha value is -2.45. The summed E-state index contributed by atoms with van der Waals surface area (Å²) in [5.74, 6) is 0.466. The second-order valence-corrected chi connectivity index (χ2v) is 8.50. The highest BCUT2D eigenvalue weighted by atomic mass is 32.1. The molecule has 3 heterocycles. The van der Waals surface area contributed by atoms with Crippen molar-refractivity contribution in [3.63, 3.8) is 0 Å². The number of carbonyl (C=O) groups is 1. The Morgan fingerprint density at radius 1 is 1.38 bits per heavy atom. The third-order valence-electron chi connectivity index (χ3n) is 5.47. The van der Waals surface area contributed by atoms with Crippen molar-refractivity contribution in [1.82, 2.24) is 19.5 Å². The molecule has 1 saturated heterocycles. The van der Waals surface area contributed by atoms with E-state index in [4.69, 9.17) is 4.74 Å². The summed E-state index contributed by atoms with van der Waals surface area (Å²) in [7, 11) is 0. The van der Waals surface area contributed by atoms with Crippen molar-refractivity contribution in [3.05, 3.63) is 46.1 Å². The van der Waals surface area contributed by atoms with Gasteiger partial charge >= 0.3 is 5.97 Å². The van der Waals surface area contributed by atoms with Gasteiger partial charge in [-0.05, 0) is 51.3 Å². The van der Waals surface area contributed by atoms with Gasteiger partial charge in [-0.1, -0.05) is 35.6 Å². The van der Waals surface area contributed by atoms with Gasteiger partial charge in [0.05, 0.1) is 23.4 Å². The molecule has 154 valence electrons. The van der Waals surface area contributed by atoms with Crippen molar-refractivity contribution >= 4 is 22.3 Å². The minimum atomic E-state index is -0.165. The van der Waals surface area contributed by atoms with Gasteiger partial charge in [-0.2, -0.15) is 4.52 Å². The Morgan fingerprint density at radius 2 is 2.17 bits per heavy atom. The third-order valence-corrected chi connectivity index (χ3v) is 6.55. The molecular formula is C21H26N4O3S. The van der Waals surface area contributed by atoms with Gasteiger partial charge in [0.2, 0.25) is 10.8 Å². The van der Waals surface area contributed by atoms with E-state index in [0.717, 1.165) is 35.4 Å². The van der Waals surface area contributed by atoms with Crippen LogP contribution in [0.3, 0.4) is 0 Å². The summed E-state index contributed by atoms with van der Waals surface area (Å²) in [5.41, 5.74) is 2.26. The van der Waals surface area contributed by atoms with Gasteiger partial charge in [-0.3, -0.25) is 9.69 Å². The fourth-order valence-electron chi connectivity index (χ4n) is 4.12. The lowest BCUT2D eigenvalue weighted by molar-refractivity contribution is -0.150. The second kappa shape index (κ2) is 8.12. The zero-order valence-electron chi connectivity index (χ0n) is 17.0. The number of aromatic nitrogens is 3. The first-order valence-electron chi connectivity index (χ1n) is 10.0. The van der Waals surface area contributed by atoms with E-state index >= 15 is 0 Å². The maximum Gasteiger partial charge on any atom is 0.310 e. The van der Waals surface area contributed by atoms with E-state index in [1.807, 2.05) is 26.0 Å². The van der Waals surface area contributed by atoms with Crippen LogP contribution in [0.15, 0.2) is 24.3 Å². The molecule has 0 saturated carbocycles. The molecule has 29 heavy (non-hydrogen) atoms. The van der Waals surface area contributed by atoms with Gasteiger partial charge in [-0.15, -0.1) is 5.10 Å². The lowest BCUT2D eigenvalue weighted by Crippen LogP contribution is -2.41. The van der Waals surface area contributed by atoms with Crippen molar-refractivity contribution < 1.29 is 14.6 Å². The first-order chi connectivity index (χ1) is 14.0. The number of rotatable bonds is 5. The molecular weight excluding hydrogens is 388 g/mol. The molecule has 1 aliphatic heterocycles. The smallest absolute Gasteiger partial charge is 0.310 e. The van der Waals surface area contributed by atoms with Crippen LogP contribution in [0.1, 0.15) is 47.6 Å². The van der Waals surface area contributed by atoms with Crippen LogP contribution in [0.5, 0.6) is 5.88 Å². The van der Waals surface area contributed by atoms with Crippen molar-refractivity contribution in [1.29, 1.82) is 0 Å². The number of benzene rings is 1. The maximum atomic E-state index is 12.4. The van der Waals surface area contributed by atoms with Gasteiger partial charge in [0, 0.05) is 6.54 Å². The summed E-state index contributed by atoms with van der Waals surface area (Å²) in [5, 5.41) is 15.3. The quantitative estimate of drug-likeness (QED) is 0.644. The minimum Gasteiger partial charge on any atom is -0.492 e. The van der Waals surface area contributed by atoms with Crippen LogP contribution in [0, 0.1) is 19.8 Å². The number of piperidine rings is 1. The van der Waals surface area contributed by atoms with Gasteiger partial charge in [0.15, 0.2) is 0 Å². The highest BCUT2D eigenvalue weighted by Gasteiger charge is 2.35. The van der Waals surface area contributed by atoms with E-state index < -0.39 is 0 Å². The first-order valence-corrected chi connectivity index (χ1v) is 10.8. The minimum absolute atomic E-state index is 0.122. The van der Waals surface area contributed by atoms with Crippen LogP contribution in [0.4, 0.5) is 0 Å². The molecule has 1 aliphatic rings. The number of aryl methyl sites for hydroxylation is 2. The second-order valence-electron chi connectivity index (χ2n) is 7.49. The zero-order valence-corrected chi connectivity index (χ0v) is 17.8. The number of nitrogens with zero attached hydrogens (tertiary/aromatic N) is 4. The SMILES string of the molecule is CCOC(=O)[C@@H]1CCCN([C@@H](c2ccccc2C)c2sc3nc(C)nn3c2O)C1. The molecule has 1 fully saturated rings. The van der Waals surface area contributed by atoms with Crippen LogP contribution in [0.25, 0.3) is 4.96 Å². The Morgan fingerprint density at radius 3 is 2.90 bits per heavy atom. The average Bonchev–Trinajstić information content (AvgIpc) is 3.21.